The van der Waals surface area contributed by atoms with E-state index >= 15 is 0 Å². The van der Waals surface area contributed by atoms with Crippen molar-refractivity contribution in [2.45, 2.75) is 270 Å². The monoisotopic (exact) mass is 943 g/mol. The Hall–Kier alpha value is -2.71. The fourth-order valence-electron chi connectivity index (χ4n) is 8.35. The fourth-order valence-corrected chi connectivity index (χ4v) is 8.35. The lowest BCUT2D eigenvalue weighted by Gasteiger charge is -2.31. The molecule has 67 heavy (non-hydrogen) atoms. The highest BCUT2D eigenvalue weighted by atomic mass is 16.6. The normalized spacial score (nSPS) is 13.1. The molecule has 0 aliphatic rings. The van der Waals surface area contributed by atoms with E-state index in [1.54, 1.807) is 0 Å². The van der Waals surface area contributed by atoms with Gasteiger partial charge in [0.05, 0.1) is 34.4 Å². The second-order valence-corrected chi connectivity index (χ2v) is 20.2. The van der Waals surface area contributed by atoms with Crippen molar-refractivity contribution < 1.29 is 38.2 Å². The van der Waals surface area contributed by atoms with Crippen LogP contribution in [0.15, 0.2) is 48.6 Å². The molecule has 0 saturated heterocycles. The largest absolute Gasteiger partial charge is 0.477 e. The van der Waals surface area contributed by atoms with E-state index in [0.29, 0.717) is 19.3 Å². The maximum absolute atomic E-state index is 12.8. The zero-order chi connectivity index (χ0) is 49.2. The predicted octanol–water partition coefficient (Wildman–Crippen LogP) is 16.7. The summed E-state index contributed by atoms with van der Waals surface area (Å²) in [5.41, 5.74) is 0. The Bertz CT molecular complexity index is 1230. The van der Waals surface area contributed by atoms with Gasteiger partial charge in [-0.2, -0.15) is 0 Å². The van der Waals surface area contributed by atoms with Crippen molar-refractivity contribution in [3.63, 3.8) is 0 Å². The molecule has 0 spiro atoms. The van der Waals surface area contributed by atoms with Gasteiger partial charge in [-0.15, -0.1) is 0 Å². The van der Waals surface area contributed by atoms with Crippen molar-refractivity contribution in [1.82, 2.24) is 0 Å². The van der Waals surface area contributed by atoms with Crippen LogP contribution in [0.25, 0.3) is 0 Å². The van der Waals surface area contributed by atoms with Crippen LogP contribution < -0.4 is 0 Å². The molecule has 0 heterocycles. The number of ether oxygens (including phenoxy) is 3. The third-order valence-corrected chi connectivity index (χ3v) is 12.7. The van der Waals surface area contributed by atoms with E-state index in [1.165, 1.54) is 173 Å². The second kappa shape index (κ2) is 49.7. The van der Waals surface area contributed by atoms with Crippen LogP contribution in [-0.2, 0) is 28.6 Å². The van der Waals surface area contributed by atoms with Crippen LogP contribution >= 0.6 is 0 Å². The highest BCUT2D eigenvalue weighted by Crippen LogP contribution is 2.16. The number of carbonyl (C=O) groups is 3. The van der Waals surface area contributed by atoms with Gasteiger partial charge in [-0.05, 0) is 70.6 Å². The first-order valence-corrected chi connectivity index (χ1v) is 28.2. The molecule has 0 amide bonds. The van der Waals surface area contributed by atoms with Gasteiger partial charge in [0.25, 0.3) is 0 Å². The number of aliphatic carboxylic acids is 1. The SMILES string of the molecule is CCCCCC/C=C/C=C/CCCCCCCCCCCCC(=O)OCC(COCCC(C(=O)O)[N+](C)(C)C)OC(=O)CCCCCCCCC/C=C/C/C=C/CCCCCCCCCCC. The molecular weight excluding hydrogens is 835 g/mol. The van der Waals surface area contributed by atoms with E-state index in [0.717, 1.165) is 51.4 Å². The van der Waals surface area contributed by atoms with Crippen molar-refractivity contribution in [3.05, 3.63) is 48.6 Å². The second-order valence-electron chi connectivity index (χ2n) is 20.2. The molecule has 1 N–H and O–H groups in total. The first kappa shape index (κ1) is 64.3. The summed E-state index contributed by atoms with van der Waals surface area (Å²) in [6, 6.07) is -0.618. The highest BCUT2D eigenvalue weighted by Gasteiger charge is 2.31. The summed E-state index contributed by atoms with van der Waals surface area (Å²) < 4.78 is 17.4. The molecule has 0 aromatic heterocycles. The molecule has 2 atom stereocenters. The predicted molar refractivity (Wildman–Crippen MR) is 284 cm³/mol. The Kier molecular flexibility index (Phi) is 47.7. The van der Waals surface area contributed by atoms with Crippen LogP contribution in [0.2, 0.25) is 0 Å². The lowest BCUT2D eigenvalue weighted by atomic mass is 10.1. The molecule has 0 fully saturated rings. The molecule has 2 unspecified atom stereocenters. The number of carboxylic acid groups (broad SMARTS) is 1. The minimum atomic E-state index is -0.875. The minimum Gasteiger partial charge on any atom is -0.477 e. The van der Waals surface area contributed by atoms with E-state index in [9.17, 15) is 19.5 Å². The number of nitrogens with zero attached hydrogens (tertiary/aromatic N) is 1. The summed E-state index contributed by atoms with van der Waals surface area (Å²) in [4.78, 5) is 37.3. The molecule has 0 aliphatic heterocycles. The van der Waals surface area contributed by atoms with Crippen LogP contribution in [0, 0.1) is 0 Å². The molecule has 8 heteroatoms. The number of quaternary nitrogens is 1. The van der Waals surface area contributed by atoms with Gasteiger partial charge >= 0.3 is 17.9 Å². The fraction of sp³-hybridized carbons (Fsp3) is 0.814. The molecule has 0 saturated carbocycles. The standard InChI is InChI=1S/C59H107NO7/c1-6-8-10-12-14-16-18-20-22-24-26-28-29-30-32-34-36-38-40-42-44-46-48-50-58(62)67-55(53-65-52-51-56(59(63)64)60(3,4)5)54-66-57(61)49-47-45-43-41-39-37-35-33-31-27-25-23-21-19-17-15-13-11-9-7-2/h17,19,21,23,26,28,30,32,55-56H,6-16,18,20,22,24-25,27,29,31,33-54H2,1-5H3/p+1/b19-17+,23-21+,28-26+,32-30+. The first-order chi connectivity index (χ1) is 32.6. The number of likely N-dealkylation sites (N-methyl/N-ethyl adjacent to an activating group) is 1. The number of esters is 2. The van der Waals surface area contributed by atoms with Crippen molar-refractivity contribution >= 4 is 17.9 Å². The minimum absolute atomic E-state index is 0.0555. The van der Waals surface area contributed by atoms with Crippen molar-refractivity contribution in [2.24, 2.45) is 0 Å². The van der Waals surface area contributed by atoms with Gasteiger partial charge in [-0.25, -0.2) is 4.79 Å². The smallest absolute Gasteiger partial charge is 0.362 e. The summed E-state index contributed by atoms with van der Waals surface area (Å²) in [5.74, 6) is -1.47. The summed E-state index contributed by atoms with van der Waals surface area (Å²) >= 11 is 0. The molecule has 0 aromatic carbocycles. The number of hydrogen-bond acceptors (Lipinski definition) is 6. The van der Waals surface area contributed by atoms with E-state index in [4.69, 9.17) is 14.2 Å². The molecule has 0 radical (unpaired) electrons. The summed E-state index contributed by atoms with van der Waals surface area (Å²) in [7, 11) is 5.54. The van der Waals surface area contributed by atoms with Gasteiger partial charge in [-0.1, -0.05) is 217 Å². The maximum Gasteiger partial charge on any atom is 0.362 e. The van der Waals surface area contributed by atoms with Crippen LogP contribution in [0.1, 0.15) is 258 Å². The third-order valence-electron chi connectivity index (χ3n) is 12.7. The summed E-state index contributed by atoms with van der Waals surface area (Å²) in [5, 5.41) is 9.67. The van der Waals surface area contributed by atoms with Crippen molar-refractivity contribution in [3.8, 4) is 0 Å². The van der Waals surface area contributed by atoms with Gasteiger partial charge < -0.3 is 23.8 Å². The lowest BCUT2D eigenvalue weighted by Crippen LogP contribution is -2.50. The van der Waals surface area contributed by atoms with E-state index in [2.05, 4.69) is 62.5 Å². The Morgan fingerprint density at radius 2 is 0.836 bits per heavy atom. The van der Waals surface area contributed by atoms with Gasteiger partial charge in [0, 0.05) is 19.3 Å². The van der Waals surface area contributed by atoms with Gasteiger partial charge in [0.15, 0.2) is 12.1 Å². The van der Waals surface area contributed by atoms with Crippen molar-refractivity contribution in [1.29, 1.82) is 0 Å². The van der Waals surface area contributed by atoms with Gasteiger partial charge in [0.1, 0.15) is 6.61 Å². The third kappa shape index (κ3) is 48.1. The molecule has 0 rings (SSSR count). The topological polar surface area (TPSA) is 99.1 Å². The van der Waals surface area contributed by atoms with Crippen LogP contribution in [0.4, 0.5) is 0 Å². The van der Waals surface area contributed by atoms with E-state index < -0.39 is 18.1 Å². The molecule has 0 bridgehead atoms. The molecule has 0 aromatic rings. The zero-order valence-corrected chi connectivity index (χ0v) is 44.6. The van der Waals surface area contributed by atoms with Crippen molar-refractivity contribution in [2.75, 3.05) is 41.0 Å². The van der Waals surface area contributed by atoms with Crippen LogP contribution in [0.5, 0.6) is 0 Å². The lowest BCUT2D eigenvalue weighted by molar-refractivity contribution is -0.887. The zero-order valence-electron chi connectivity index (χ0n) is 44.6. The van der Waals surface area contributed by atoms with E-state index in [-0.39, 0.29) is 36.2 Å². The Morgan fingerprint density at radius 1 is 0.463 bits per heavy atom. The van der Waals surface area contributed by atoms with Gasteiger partial charge in [-0.3, -0.25) is 9.59 Å². The number of unbranched alkanes of at least 4 members (excludes halogenated alkanes) is 30. The summed E-state index contributed by atoms with van der Waals surface area (Å²) in [6.07, 6.45) is 61.7. The Labute approximate surface area is 414 Å². The maximum atomic E-state index is 12.8. The molecular formula is C59H108NO7+. The van der Waals surface area contributed by atoms with Crippen LogP contribution in [-0.4, -0.2) is 80.6 Å². The number of rotatable bonds is 51. The Morgan fingerprint density at radius 3 is 1.25 bits per heavy atom. The van der Waals surface area contributed by atoms with Crippen LogP contribution in [0.3, 0.4) is 0 Å². The molecule has 0 aliphatic carbocycles. The number of allylic oxidation sites excluding steroid dienone is 8. The van der Waals surface area contributed by atoms with E-state index in [1.807, 2.05) is 21.1 Å². The highest BCUT2D eigenvalue weighted by molar-refractivity contribution is 5.72. The number of hydrogen-bond donors (Lipinski definition) is 1. The average molecular weight is 944 g/mol. The quantitative estimate of drug-likeness (QED) is 0.0213. The first-order valence-electron chi connectivity index (χ1n) is 28.2. The molecule has 8 nitrogen and oxygen atoms in total. The Balaban J connectivity index is 4.21. The van der Waals surface area contributed by atoms with Gasteiger partial charge in [0.2, 0.25) is 0 Å². The molecule has 390 valence electrons. The number of carbonyl (C=O) groups excluding carboxylic acids is 2. The number of carboxylic acids is 1. The summed E-state index contributed by atoms with van der Waals surface area (Å²) in [6.45, 7) is 4.74. The average Bonchev–Trinajstić information content (AvgIpc) is 3.29.